The van der Waals surface area contributed by atoms with Crippen molar-refractivity contribution in [3.05, 3.63) is 41.1 Å². The summed E-state index contributed by atoms with van der Waals surface area (Å²) < 4.78 is 0. The summed E-state index contributed by atoms with van der Waals surface area (Å²) in [6.07, 6.45) is 3.19. The van der Waals surface area contributed by atoms with E-state index < -0.39 is 5.91 Å². The molecule has 7 heteroatoms. The number of benzene rings is 1. The number of anilines is 1. The molecule has 4 rings (SSSR count). The monoisotopic (exact) mass is 426 g/mol. The predicted molar refractivity (Wildman–Crippen MR) is 118 cm³/mol. The van der Waals surface area contributed by atoms with E-state index in [4.69, 9.17) is 11.6 Å². The lowest BCUT2D eigenvalue weighted by atomic mass is 10.1. The van der Waals surface area contributed by atoms with Gasteiger partial charge in [0.25, 0.3) is 11.8 Å². The lowest BCUT2D eigenvalue weighted by molar-refractivity contribution is -0.137. The normalized spacial score (nSPS) is 20.6. The highest BCUT2D eigenvalue weighted by atomic mass is 35.5. The standard InChI is InChI=1S/C23H27ClN4O2/c24-20-21(27-12-5-2-6-13-27)23(30)28(22(20)29)14-8-7-11-25-15-17-26(18-16-25)19-9-3-1-4-10-19/h1,3-4,9-10H,2,5-6,11-18H2. The first kappa shape index (κ1) is 20.8. The van der Waals surface area contributed by atoms with Crippen LogP contribution in [0.15, 0.2) is 41.1 Å². The molecule has 0 N–H and O–H groups in total. The molecule has 6 nitrogen and oxygen atoms in total. The van der Waals surface area contributed by atoms with Crippen LogP contribution in [0.25, 0.3) is 0 Å². The van der Waals surface area contributed by atoms with Crippen LogP contribution in [0.5, 0.6) is 0 Å². The minimum atomic E-state index is -0.423. The largest absolute Gasteiger partial charge is 0.369 e. The summed E-state index contributed by atoms with van der Waals surface area (Å²) in [5, 5.41) is 0.0423. The number of piperidine rings is 1. The van der Waals surface area contributed by atoms with E-state index in [1.807, 2.05) is 11.0 Å². The van der Waals surface area contributed by atoms with Crippen LogP contribution in [0.4, 0.5) is 5.69 Å². The summed E-state index contributed by atoms with van der Waals surface area (Å²) in [7, 11) is 0. The summed E-state index contributed by atoms with van der Waals surface area (Å²) >= 11 is 6.22. The predicted octanol–water partition coefficient (Wildman–Crippen LogP) is 2.12. The van der Waals surface area contributed by atoms with Crippen molar-refractivity contribution < 1.29 is 9.59 Å². The Morgan fingerprint density at radius 1 is 0.767 bits per heavy atom. The van der Waals surface area contributed by atoms with Crippen molar-refractivity contribution in [3.8, 4) is 11.8 Å². The van der Waals surface area contributed by atoms with Crippen molar-refractivity contribution in [3.63, 3.8) is 0 Å². The van der Waals surface area contributed by atoms with E-state index in [9.17, 15) is 9.59 Å². The zero-order valence-electron chi connectivity index (χ0n) is 17.1. The van der Waals surface area contributed by atoms with Gasteiger partial charge in [-0.25, -0.2) is 0 Å². The number of carbonyl (C=O) groups is 2. The molecule has 0 aromatic heterocycles. The fourth-order valence-electron chi connectivity index (χ4n) is 4.17. The number of rotatable bonds is 4. The third-order valence-electron chi connectivity index (χ3n) is 5.92. The Bertz CT molecular complexity index is 875. The number of imide groups is 1. The van der Waals surface area contributed by atoms with Crippen LogP contribution in [0.2, 0.25) is 0 Å². The molecule has 0 atom stereocenters. The third kappa shape index (κ3) is 4.48. The number of carbonyl (C=O) groups excluding carboxylic acids is 2. The second-order valence-electron chi connectivity index (χ2n) is 7.86. The van der Waals surface area contributed by atoms with Crippen LogP contribution in [0.1, 0.15) is 19.3 Å². The van der Waals surface area contributed by atoms with Crippen molar-refractivity contribution >= 4 is 29.1 Å². The van der Waals surface area contributed by atoms with Crippen LogP contribution in [-0.4, -0.2) is 78.9 Å². The molecule has 0 radical (unpaired) electrons. The van der Waals surface area contributed by atoms with Crippen molar-refractivity contribution in [2.75, 3.05) is 57.3 Å². The highest BCUT2D eigenvalue weighted by Crippen LogP contribution is 2.28. The quantitative estimate of drug-likeness (QED) is 0.545. The number of likely N-dealkylation sites (tertiary alicyclic amines) is 1. The number of piperazine rings is 1. The molecule has 3 aliphatic heterocycles. The summed E-state index contributed by atoms with van der Waals surface area (Å²) in [5.41, 5.74) is 1.61. The van der Waals surface area contributed by atoms with Crippen molar-refractivity contribution in [1.82, 2.24) is 14.7 Å². The van der Waals surface area contributed by atoms with Gasteiger partial charge in [-0.3, -0.25) is 19.4 Å². The van der Waals surface area contributed by atoms with Crippen molar-refractivity contribution in [2.45, 2.75) is 19.3 Å². The fraction of sp³-hybridized carbons (Fsp3) is 0.478. The lowest BCUT2D eigenvalue weighted by Crippen LogP contribution is -2.46. The smallest absolute Gasteiger partial charge is 0.279 e. The molecular weight excluding hydrogens is 400 g/mol. The molecule has 0 bridgehead atoms. The van der Waals surface area contributed by atoms with Crippen LogP contribution in [-0.2, 0) is 9.59 Å². The van der Waals surface area contributed by atoms with Gasteiger partial charge in [0.2, 0.25) is 0 Å². The molecule has 2 fully saturated rings. The van der Waals surface area contributed by atoms with E-state index in [2.05, 4.69) is 45.9 Å². The van der Waals surface area contributed by atoms with Crippen LogP contribution in [0, 0.1) is 11.8 Å². The maximum atomic E-state index is 12.7. The van der Waals surface area contributed by atoms with Gasteiger partial charge < -0.3 is 9.80 Å². The van der Waals surface area contributed by atoms with E-state index in [0.717, 1.165) is 58.5 Å². The van der Waals surface area contributed by atoms with E-state index >= 15 is 0 Å². The number of hydrogen-bond donors (Lipinski definition) is 0. The molecule has 2 amide bonds. The van der Waals surface area contributed by atoms with Gasteiger partial charge >= 0.3 is 0 Å². The maximum absolute atomic E-state index is 12.7. The Morgan fingerprint density at radius 2 is 1.43 bits per heavy atom. The minimum absolute atomic E-state index is 0.0423. The Kier molecular flexibility index (Phi) is 6.61. The number of amides is 2. The van der Waals surface area contributed by atoms with Gasteiger partial charge in [-0.2, -0.15) is 0 Å². The molecule has 0 spiro atoms. The third-order valence-corrected chi connectivity index (χ3v) is 6.26. The average Bonchev–Trinajstić information content (AvgIpc) is 3.01. The summed E-state index contributed by atoms with van der Waals surface area (Å²) in [6, 6.07) is 10.4. The first-order valence-electron chi connectivity index (χ1n) is 10.6. The Hall–Kier alpha value is -2.49. The average molecular weight is 427 g/mol. The number of hydrogen-bond acceptors (Lipinski definition) is 5. The van der Waals surface area contributed by atoms with Crippen LogP contribution >= 0.6 is 11.6 Å². The zero-order chi connectivity index (χ0) is 20.9. The Labute approximate surface area is 183 Å². The summed E-state index contributed by atoms with van der Waals surface area (Å²) in [4.78, 5) is 33.0. The molecule has 0 aliphatic carbocycles. The van der Waals surface area contributed by atoms with E-state index in [1.165, 1.54) is 10.6 Å². The molecular formula is C23H27ClN4O2. The topological polar surface area (TPSA) is 47.1 Å². The molecule has 3 aliphatic rings. The van der Waals surface area contributed by atoms with Crippen LogP contribution in [0.3, 0.4) is 0 Å². The van der Waals surface area contributed by atoms with Gasteiger partial charge in [-0.15, -0.1) is 0 Å². The molecule has 158 valence electrons. The number of nitrogens with zero attached hydrogens (tertiary/aromatic N) is 4. The minimum Gasteiger partial charge on any atom is -0.369 e. The Morgan fingerprint density at radius 3 is 2.13 bits per heavy atom. The molecule has 0 saturated carbocycles. The Balaban J connectivity index is 1.26. The molecule has 1 aromatic rings. The first-order chi connectivity index (χ1) is 14.6. The lowest BCUT2D eigenvalue weighted by Gasteiger charge is -2.35. The summed E-state index contributed by atoms with van der Waals surface area (Å²) in [5.74, 6) is 5.39. The molecule has 0 unspecified atom stereocenters. The van der Waals surface area contributed by atoms with Gasteiger partial charge in [0.1, 0.15) is 10.7 Å². The van der Waals surface area contributed by atoms with Crippen molar-refractivity contribution in [1.29, 1.82) is 0 Å². The van der Waals surface area contributed by atoms with Gasteiger partial charge in [0.15, 0.2) is 0 Å². The highest BCUT2D eigenvalue weighted by Gasteiger charge is 2.40. The second-order valence-corrected chi connectivity index (χ2v) is 8.24. The number of para-hydroxylation sites is 1. The van der Waals surface area contributed by atoms with Crippen molar-refractivity contribution in [2.24, 2.45) is 0 Å². The van der Waals surface area contributed by atoms with Crippen LogP contribution < -0.4 is 4.90 Å². The maximum Gasteiger partial charge on any atom is 0.279 e. The second kappa shape index (κ2) is 9.55. The zero-order valence-corrected chi connectivity index (χ0v) is 17.9. The van der Waals surface area contributed by atoms with E-state index in [0.29, 0.717) is 12.2 Å². The van der Waals surface area contributed by atoms with Gasteiger partial charge in [-0.1, -0.05) is 41.6 Å². The SMILES string of the molecule is O=C1C(Cl)=C(N2CCCCC2)C(=O)N1CC#CCN1CCN(c2ccccc2)CC1. The fourth-order valence-corrected chi connectivity index (χ4v) is 4.48. The number of halogens is 1. The van der Waals surface area contributed by atoms with Gasteiger partial charge in [-0.05, 0) is 31.4 Å². The molecule has 3 heterocycles. The summed E-state index contributed by atoms with van der Waals surface area (Å²) in [6.45, 7) is 6.10. The molecule has 1 aromatic carbocycles. The van der Waals surface area contributed by atoms with Gasteiger partial charge in [0, 0.05) is 45.0 Å². The van der Waals surface area contributed by atoms with E-state index in [1.54, 1.807) is 0 Å². The van der Waals surface area contributed by atoms with Gasteiger partial charge in [0.05, 0.1) is 13.1 Å². The molecule has 30 heavy (non-hydrogen) atoms. The first-order valence-corrected chi connectivity index (χ1v) is 11.0. The highest BCUT2D eigenvalue weighted by molar-refractivity contribution is 6.47. The molecule has 2 saturated heterocycles. The van der Waals surface area contributed by atoms with E-state index in [-0.39, 0.29) is 17.5 Å².